The normalized spacial score (nSPS) is 13.5. The van der Waals surface area contributed by atoms with Crippen LogP contribution in [-0.4, -0.2) is 33.2 Å². The lowest BCUT2D eigenvalue weighted by molar-refractivity contribution is 0.0529. The van der Waals surface area contributed by atoms with Crippen molar-refractivity contribution >= 4 is 14.4 Å². The third kappa shape index (κ3) is 9.69. The molecule has 5 heteroatoms. The molecule has 0 aromatic rings. The molecule has 0 aliphatic heterocycles. The van der Waals surface area contributed by atoms with Crippen molar-refractivity contribution in [2.45, 2.75) is 71.7 Å². The van der Waals surface area contributed by atoms with Crippen LogP contribution in [0.1, 0.15) is 48.0 Å². The first-order valence-electron chi connectivity index (χ1n) is 7.61. The van der Waals surface area contributed by atoms with Gasteiger partial charge in [0.2, 0.25) is 0 Å². The van der Waals surface area contributed by atoms with E-state index >= 15 is 0 Å². The van der Waals surface area contributed by atoms with Gasteiger partial charge in [-0.1, -0.05) is 32.9 Å². The Balaban J connectivity index is 3.83. The average Bonchev–Trinajstić information content (AvgIpc) is 2.23. The summed E-state index contributed by atoms with van der Waals surface area (Å²) in [5.41, 5.74) is -0.447. The molecule has 124 valence electrons. The van der Waals surface area contributed by atoms with Gasteiger partial charge in [0.1, 0.15) is 5.60 Å². The summed E-state index contributed by atoms with van der Waals surface area (Å²) < 4.78 is 11.2. The summed E-state index contributed by atoms with van der Waals surface area (Å²) in [6.07, 6.45) is 4.47. The fourth-order valence-electron chi connectivity index (χ4n) is 1.23. The molecule has 0 fully saturated rings. The smallest absolute Gasteiger partial charge is 0.407 e. The third-order valence-electron chi connectivity index (χ3n) is 3.49. The average molecular weight is 316 g/mol. The van der Waals surface area contributed by atoms with Crippen molar-refractivity contribution in [3.8, 4) is 0 Å². The number of ether oxygens (including phenoxy) is 1. The summed E-state index contributed by atoms with van der Waals surface area (Å²) in [4.78, 5) is 11.4. The van der Waals surface area contributed by atoms with E-state index in [1.54, 1.807) is 0 Å². The molecule has 0 aromatic heterocycles. The van der Waals surface area contributed by atoms with Gasteiger partial charge in [-0.3, -0.25) is 0 Å². The number of carbonyl (C=O) groups excluding carboxylic acids is 1. The molecule has 0 rings (SSSR count). The van der Waals surface area contributed by atoms with Gasteiger partial charge in [0.25, 0.3) is 0 Å². The van der Waals surface area contributed by atoms with Crippen molar-refractivity contribution in [1.82, 2.24) is 5.32 Å². The lowest BCUT2D eigenvalue weighted by Gasteiger charge is -2.35. The molecule has 0 radical (unpaired) electrons. The largest absolute Gasteiger partial charge is 0.444 e. The maximum Gasteiger partial charge on any atom is 0.407 e. The Morgan fingerprint density at radius 3 is 2.14 bits per heavy atom. The monoisotopic (exact) mass is 315 g/mol. The first-order chi connectivity index (χ1) is 9.35. The molecule has 1 N–H and O–H groups in total. The zero-order chi connectivity index (χ0) is 16.7. The van der Waals surface area contributed by atoms with Crippen LogP contribution in [0.3, 0.4) is 0 Å². The molecule has 1 amide bonds. The Morgan fingerprint density at radius 1 is 1.10 bits per heavy atom. The fraction of sp³-hybridized carbons (Fsp3) is 0.812. The highest BCUT2D eigenvalue weighted by Gasteiger charge is 2.36. The molecule has 0 saturated carbocycles. The first kappa shape index (κ1) is 20.2. The molecule has 0 bridgehead atoms. The highest BCUT2D eigenvalue weighted by Crippen LogP contribution is 2.36. The van der Waals surface area contributed by atoms with Crippen LogP contribution in [0.5, 0.6) is 0 Å². The van der Waals surface area contributed by atoms with Crippen LogP contribution in [-0.2, 0) is 9.16 Å². The zero-order valence-corrected chi connectivity index (χ0v) is 16.0. The number of hydrogen-bond donors (Lipinski definition) is 1. The quantitative estimate of drug-likeness (QED) is 0.446. The molecule has 21 heavy (non-hydrogen) atoms. The third-order valence-corrected chi connectivity index (χ3v) is 7.99. The van der Waals surface area contributed by atoms with Crippen LogP contribution in [0.4, 0.5) is 4.79 Å². The number of carbonyl (C=O) groups is 1. The van der Waals surface area contributed by atoms with Crippen molar-refractivity contribution in [2.24, 2.45) is 0 Å². The predicted octanol–water partition coefficient (Wildman–Crippen LogP) is 4.48. The van der Waals surface area contributed by atoms with Crippen LogP contribution >= 0.6 is 0 Å². The van der Waals surface area contributed by atoms with E-state index in [0.717, 1.165) is 6.42 Å². The fourth-order valence-corrected chi connectivity index (χ4v) is 2.18. The summed E-state index contributed by atoms with van der Waals surface area (Å²) in [6, 6.07) is 0. The van der Waals surface area contributed by atoms with Crippen LogP contribution < -0.4 is 5.32 Å². The predicted molar refractivity (Wildman–Crippen MR) is 91.1 cm³/mol. The molecule has 0 heterocycles. The Bertz CT molecular complexity index is 352. The van der Waals surface area contributed by atoms with Crippen LogP contribution in [0.15, 0.2) is 12.2 Å². The van der Waals surface area contributed by atoms with E-state index in [-0.39, 0.29) is 11.1 Å². The topological polar surface area (TPSA) is 47.6 Å². The Labute approximate surface area is 131 Å². The van der Waals surface area contributed by atoms with Gasteiger partial charge in [0.15, 0.2) is 8.32 Å². The first-order valence-corrected chi connectivity index (χ1v) is 10.5. The Kier molecular flexibility index (Phi) is 7.68. The summed E-state index contributed by atoms with van der Waals surface area (Å²) >= 11 is 0. The van der Waals surface area contributed by atoms with Gasteiger partial charge in [-0.25, -0.2) is 4.79 Å². The molecule has 0 atom stereocenters. The second kappa shape index (κ2) is 7.99. The number of rotatable bonds is 6. The molecule has 0 spiro atoms. The lowest BCUT2D eigenvalue weighted by atomic mass is 10.2. The van der Waals surface area contributed by atoms with Crippen molar-refractivity contribution in [2.75, 3.05) is 13.2 Å². The highest BCUT2D eigenvalue weighted by molar-refractivity contribution is 6.74. The van der Waals surface area contributed by atoms with E-state index < -0.39 is 13.9 Å². The molecule has 0 aliphatic rings. The minimum atomic E-state index is -1.66. The van der Waals surface area contributed by atoms with Gasteiger partial charge in [0.05, 0.1) is 6.61 Å². The van der Waals surface area contributed by atoms with Gasteiger partial charge in [-0.15, -0.1) is 0 Å². The minimum Gasteiger partial charge on any atom is -0.444 e. The minimum absolute atomic E-state index is 0.235. The number of nitrogens with one attached hydrogen (secondary N) is 1. The van der Waals surface area contributed by atoms with Crippen molar-refractivity contribution in [3.05, 3.63) is 12.2 Å². The molecule has 0 aromatic carbocycles. The van der Waals surface area contributed by atoms with Crippen LogP contribution in [0.2, 0.25) is 18.1 Å². The SMILES string of the molecule is CC(C)(C)OC(=O)NCCC=CCO[Si](C)(C)C(C)(C)C. The van der Waals surface area contributed by atoms with E-state index in [1.165, 1.54) is 0 Å². The molecule has 0 unspecified atom stereocenters. The molecular weight excluding hydrogens is 282 g/mol. The Hall–Kier alpha value is -0.813. The summed E-state index contributed by atoms with van der Waals surface area (Å²) in [5, 5.41) is 2.96. The second-order valence-electron chi connectivity index (χ2n) is 7.76. The van der Waals surface area contributed by atoms with Gasteiger partial charge in [-0.05, 0) is 45.3 Å². The summed E-state index contributed by atoms with van der Waals surface area (Å²) in [5.74, 6) is 0. The van der Waals surface area contributed by atoms with E-state index in [4.69, 9.17) is 9.16 Å². The summed E-state index contributed by atoms with van der Waals surface area (Å²) in [7, 11) is -1.66. The van der Waals surface area contributed by atoms with Gasteiger partial charge in [0, 0.05) is 6.54 Å². The maximum absolute atomic E-state index is 11.4. The van der Waals surface area contributed by atoms with Crippen molar-refractivity contribution in [3.63, 3.8) is 0 Å². The number of hydrogen-bond acceptors (Lipinski definition) is 3. The van der Waals surface area contributed by atoms with E-state index in [0.29, 0.717) is 13.2 Å². The zero-order valence-electron chi connectivity index (χ0n) is 15.0. The van der Waals surface area contributed by atoms with Crippen molar-refractivity contribution in [1.29, 1.82) is 0 Å². The van der Waals surface area contributed by atoms with Crippen molar-refractivity contribution < 1.29 is 14.0 Å². The molecule has 4 nitrogen and oxygen atoms in total. The highest BCUT2D eigenvalue weighted by atomic mass is 28.4. The van der Waals surface area contributed by atoms with Gasteiger partial charge >= 0.3 is 6.09 Å². The second-order valence-corrected chi connectivity index (χ2v) is 12.6. The van der Waals surface area contributed by atoms with E-state index in [1.807, 2.05) is 32.9 Å². The molecule has 0 aliphatic carbocycles. The standard InChI is InChI=1S/C16H33NO3Si/c1-15(2,3)20-14(18)17-12-10-9-11-13-19-21(7,8)16(4,5)6/h9,11H,10,12-13H2,1-8H3,(H,17,18). The van der Waals surface area contributed by atoms with Crippen LogP contribution in [0, 0.1) is 0 Å². The number of amides is 1. The molecular formula is C16H33NO3Si. The number of alkyl carbamates (subject to hydrolysis) is 1. The van der Waals surface area contributed by atoms with E-state index in [2.05, 4.69) is 39.2 Å². The maximum atomic E-state index is 11.4. The summed E-state index contributed by atoms with van der Waals surface area (Å²) in [6.45, 7) is 17.9. The van der Waals surface area contributed by atoms with Gasteiger partial charge < -0.3 is 14.5 Å². The lowest BCUT2D eigenvalue weighted by Crippen LogP contribution is -2.40. The Morgan fingerprint density at radius 2 is 1.67 bits per heavy atom. The van der Waals surface area contributed by atoms with Crippen LogP contribution in [0.25, 0.3) is 0 Å². The molecule has 0 saturated heterocycles. The van der Waals surface area contributed by atoms with Gasteiger partial charge in [-0.2, -0.15) is 0 Å². The van der Waals surface area contributed by atoms with E-state index in [9.17, 15) is 4.79 Å².